The second-order valence-electron chi connectivity index (χ2n) is 10.1. The molecule has 0 unspecified atom stereocenters. The third-order valence-corrected chi connectivity index (χ3v) is 6.89. The van der Waals surface area contributed by atoms with Crippen LogP contribution in [0.15, 0.2) is 36.0 Å². The number of amides is 1. The minimum Gasteiger partial charge on any atom is -0.345 e. The average molecular weight is 475 g/mol. The second-order valence-corrected chi connectivity index (χ2v) is 10.1. The van der Waals surface area contributed by atoms with Gasteiger partial charge >= 0.3 is 0 Å². The number of aryl methyl sites for hydroxylation is 2. The van der Waals surface area contributed by atoms with E-state index in [9.17, 15) is 4.79 Å². The van der Waals surface area contributed by atoms with E-state index in [0.717, 1.165) is 42.9 Å². The van der Waals surface area contributed by atoms with E-state index in [0.29, 0.717) is 17.8 Å². The number of benzene rings is 1. The SMILES string of the molecule is CCCB(C)c1ccnc(C)c1/C=C(\C)CN1CC=C(c2c(C)cc(C(=O)N(C)C)cc2F)CC1. The van der Waals surface area contributed by atoms with Crippen LogP contribution in [0.25, 0.3) is 11.6 Å². The predicted molar refractivity (Wildman–Crippen MR) is 147 cm³/mol. The van der Waals surface area contributed by atoms with Gasteiger partial charge in [-0.2, -0.15) is 0 Å². The molecule has 1 aromatic carbocycles. The minimum atomic E-state index is -0.313. The molecule has 1 aromatic heterocycles. The van der Waals surface area contributed by atoms with Crippen LogP contribution in [0.2, 0.25) is 13.1 Å². The van der Waals surface area contributed by atoms with Crippen LogP contribution in [0.5, 0.6) is 0 Å². The molecule has 0 spiro atoms. The largest absolute Gasteiger partial charge is 0.345 e. The summed E-state index contributed by atoms with van der Waals surface area (Å²) in [5, 5.41) is 0. The number of hydrogen-bond donors (Lipinski definition) is 0. The molecule has 186 valence electrons. The van der Waals surface area contributed by atoms with Crippen LogP contribution in [-0.4, -0.2) is 61.1 Å². The van der Waals surface area contributed by atoms with E-state index in [-0.39, 0.29) is 11.7 Å². The topological polar surface area (TPSA) is 36.4 Å². The molecule has 1 aliphatic rings. The summed E-state index contributed by atoms with van der Waals surface area (Å²) < 4.78 is 15.0. The summed E-state index contributed by atoms with van der Waals surface area (Å²) in [5.74, 6) is -0.493. The maximum atomic E-state index is 15.0. The van der Waals surface area contributed by atoms with Crippen molar-refractivity contribution >= 4 is 29.7 Å². The Morgan fingerprint density at radius 2 is 2.03 bits per heavy atom. The van der Waals surface area contributed by atoms with Gasteiger partial charge in [0.25, 0.3) is 5.91 Å². The lowest BCUT2D eigenvalue weighted by Gasteiger charge is -2.28. The number of carbonyl (C=O) groups excluding carboxylic acids is 1. The van der Waals surface area contributed by atoms with Crippen molar-refractivity contribution in [3.63, 3.8) is 0 Å². The predicted octanol–water partition coefficient (Wildman–Crippen LogP) is 5.47. The van der Waals surface area contributed by atoms with E-state index in [1.807, 2.05) is 13.1 Å². The zero-order valence-corrected chi connectivity index (χ0v) is 22.4. The van der Waals surface area contributed by atoms with Gasteiger partial charge < -0.3 is 4.90 Å². The summed E-state index contributed by atoms with van der Waals surface area (Å²) >= 11 is 0. The first-order valence-electron chi connectivity index (χ1n) is 12.7. The Hall–Kier alpha value is -2.73. The van der Waals surface area contributed by atoms with E-state index < -0.39 is 0 Å². The lowest BCUT2D eigenvalue weighted by molar-refractivity contribution is 0.0827. The lowest BCUT2D eigenvalue weighted by Crippen LogP contribution is -2.31. The molecule has 6 heteroatoms. The molecule has 4 nitrogen and oxygen atoms in total. The van der Waals surface area contributed by atoms with Gasteiger partial charge in [0.2, 0.25) is 0 Å². The molecule has 35 heavy (non-hydrogen) atoms. The minimum absolute atomic E-state index is 0.180. The van der Waals surface area contributed by atoms with Crippen LogP contribution >= 0.6 is 0 Å². The number of hydrogen-bond acceptors (Lipinski definition) is 3. The smallest absolute Gasteiger partial charge is 0.253 e. The average Bonchev–Trinajstić information content (AvgIpc) is 2.80. The molecule has 0 saturated carbocycles. The fourth-order valence-electron chi connectivity index (χ4n) is 5.06. The maximum absolute atomic E-state index is 15.0. The standard InChI is InChI=1S/C29H39BFN3O/c1-8-12-30(5)26-9-13-32-22(4)25(26)16-20(2)19-34-14-10-23(11-15-34)28-21(3)17-24(18-27(28)31)29(35)33(6)7/h9-10,13,16-18H,8,11-12,14-15,19H2,1-7H3/b20-16+. The summed E-state index contributed by atoms with van der Waals surface area (Å²) in [7, 11) is 3.36. The molecule has 0 fully saturated rings. The quantitative estimate of drug-likeness (QED) is 0.475. The van der Waals surface area contributed by atoms with Crippen molar-refractivity contribution < 1.29 is 9.18 Å². The van der Waals surface area contributed by atoms with Gasteiger partial charge in [-0.05, 0) is 62.1 Å². The van der Waals surface area contributed by atoms with Gasteiger partial charge in [-0.25, -0.2) is 4.39 Å². The Morgan fingerprint density at radius 1 is 1.29 bits per heavy atom. The Balaban J connectivity index is 1.74. The van der Waals surface area contributed by atoms with E-state index >= 15 is 4.39 Å². The van der Waals surface area contributed by atoms with Crippen LogP contribution in [0.4, 0.5) is 4.39 Å². The van der Waals surface area contributed by atoms with Crippen molar-refractivity contribution in [1.29, 1.82) is 0 Å². The van der Waals surface area contributed by atoms with Crippen LogP contribution in [0, 0.1) is 19.7 Å². The second kappa shape index (κ2) is 11.8. The van der Waals surface area contributed by atoms with Crippen LogP contribution in [0.1, 0.15) is 59.4 Å². The summed E-state index contributed by atoms with van der Waals surface area (Å²) in [6.07, 6.45) is 9.49. The first-order chi connectivity index (χ1) is 16.6. The fourth-order valence-corrected chi connectivity index (χ4v) is 5.06. The lowest BCUT2D eigenvalue weighted by atomic mass is 9.43. The van der Waals surface area contributed by atoms with Crippen molar-refractivity contribution in [1.82, 2.24) is 14.8 Å². The molecule has 0 N–H and O–H groups in total. The van der Waals surface area contributed by atoms with Crippen molar-refractivity contribution in [2.45, 2.75) is 53.7 Å². The van der Waals surface area contributed by atoms with E-state index in [1.54, 1.807) is 20.2 Å². The number of halogens is 1. The normalized spacial score (nSPS) is 14.6. The first-order valence-corrected chi connectivity index (χ1v) is 12.7. The van der Waals surface area contributed by atoms with Gasteiger partial charge in [0.15, 0.2) is 6.71 Å². The van der Waals surface area contributed by atoms with Crippen molar-refractivity contribution in [3.8, 4) is 0 Å². The number of carbonyl (C=O) groups is 1. The fraction of sp³-hybridized carbons (Fsp3) is 0.448. The zero-order valence-electron chi connectivity index (χ0n) is 22.4. The third-order valence-electron chi connectivity index (χ3n) is 6.89. The Labute approximate surface area is 211 Å². The highest BCUT2D eigenvalue weighted by molar-refractivity contribution is 6.72. The van der Waals surface area contributed by atoms with Gasteiger partial charge in [0.1, 0.15) is 5.82 Å². The van der Waals surface area contributed by atoms with Crippen molar-refractivity contribution in [3.05, 3.63) is 69.8 Å². The third kappa shape index (κ3) is 6.49. The van der Waals surface area contributed by atoms with Gasteiger partial charge in [0, 0.05) is 56.7 Å². The molecule has 3 rings (SSSR count). The van der Waals surface area contributed by atoms with Crippen molar-refractivity contribution in [2.24, 2.45) is 0 Å². The van der Waals surface area contributed by atoms with Gasteiger partial charge in [-0.3, -0.25) is 14.7 Å². The van der Waals surface area contributed by atoms with Crippen LogP contribution in [0.3, 0.4) is 0 Å². The van der Waals surface area contributed by atoms with E-state index in [4.69, 9.17) is 0 Å². The Bertz CT molecular complexity index is 1120. The number of pyridine rings is 1. The molecule has 0 saturated heterocycles. The molecule has 1 aliphatic heterocycles. The molecule has 2 heterocycles. The molecular formula is C29H39BFN3O. The zero-order chi connectivity index (χ0) is 25.7. The Morgan fingerprint density at radius 3 is 2.63 bits per heavy atom. The highest BCUT2D eigenvalue weighted by Crippen LogP contribution is 2.29. The van der Waals surface area contributed by atoms with Gasteiger partial charge in [-0.1, -0.05) is 49.7 Å². The summed E-state index contributed by atoms with van der Waals surface area (Å²) in [4.78, 5) is 20.7. The summed E-state index contributed by atoms with van der Waals surface area (Å²) in [6, 6.07) is 5.34. The molecule has 2 aromatic rings. The van der Waals surface area contributed by atoms with Gasteiger partial charge in [0.05, 0.1) is 0 Å². The number of nitrogens with zero attached hydrogens (tertiary/aromatic N) is 3. The molecule has 0 bridgehead atoms. The van der Waals surface area contributed by atoms with Crippen LogP contribution in [-0.2, 0) is 0 Å². The highest BCUT2D eigenvalue weighted by Gasteiger charge is 2.20. The van der Waals surface area contributed by atoms with E-state index in [2.05, 4.69) is 55.7 Å². The van der Waals surface area contributed by atoms with Crippen LogP contribution < -0.4 is 5.46 Å². The summed E-state index contributed by atoms with van der Waals surface area (Å²) in [6.45, 7) is 13.7. The maximum Gasteiger partial charge on any atom is 0.253 e. The van der Waals surface area contributed by atoms with E-state index in [1.165, 1.54) is 40.3 Å². The molecule has 0 atom stereocenters. The van der Waals surface area contributed by atoms with Crippen molar-refractivity contribution in [2.75, 3.05) is 33.7 Å². The number of rotatable bonds is 8. The molecular weight excluding hydrogens is 436 g/mol. The molecule has 1 amide bonds. The van der Waals surface area contributed by atoms with Gasteiger partial charge in [-0.15, -0.1) is 0 Å². The molecule has 0 radical (unpaired) electrons. The monoisotopic (exact) mass is 475 g/mol. The number of aromatic nitrogens is 1. The molecule has 0 aliphatic carbocycles. The summed E-state index contributed by atoms with van der Waals surface area (Å²) in [5.41, 5.74) is 7.89. The highest BCUT2D eigenvalue weighted by atomic mass is 19.1. The first kappa shape index (κ1) is 26.9. The Kier molecular flexibility index (Phi) is 9.06.